The van der Waals surface area contributed by atoms with Crippen LogP contribution in [0, 0.1) is 18.8 Å². The molecule has 0 aromatic heterocycles. The first kappa shape index (κ1) is 10.1. The summed E-state index contributed by atoms with van der Waals surface area (Å²) in [6, 6.07) is 5.50. The summed E-state index contributed by atoms with van der Waals surface area (Å²) in [5.74, 6) is 6.13. The first-order valence-electron chi connectivity index (χ1n) is 4.08. The number of aromatic hydroxyl groups is 1. The third-order valence-electron chi connectivity index (χ3n) is 1.60. The molecule has 13 heavy (non-hydrogen) atoms. The van der Waals surface area contributed by atoms with Crippen LogP contribution in [0.4, 0.5) is 0 Å². The van der Waals surface area contributed by atoms with E-state index in [9.17, 15) is 5.11 Å². The molecule has 0 saturated heterocycles. The first-order chi connectivity index (χ1) is 6.24. The number of phenols is 1. The van der Waals surface area contributed by atoms with Gasteiger partial charge in [-0.2, -0.15) is 0 Å². The van der Waals surface area contributed by atoms with Gasteiger partial charge in [-0.1, -0.05) is 33.8 Å². The second-order valence-electron chi connectivity index (χ2n) is 2.76. The zero-order chi connectivity index (χ0) is 9.68. The highest BCUT2D eigenvalue weighted by Gasteiger charge is 1.95. The molecule has 1 aromatic carbocycles. The van der Waals surface area contributed by atoms with E-state index < -0.39 is 0 Å². The fraction of sp³-hybridized carbons (Fsp3) is 0.273. The molecule has 0 aliphatic heterocycles. The Morgan fingerprint density at radius 1 is 1.46 bits per heavy atom. The summed E-state index contributed by atoms with van der Waals surface area (Å²) >= 11 is 3.29. The predicted octanol–water partition coefficient (Wildman–Crippen LogP) is 2.84. The average Bonchev–Trinajstić information content (AvgIpc) is 2.09. The van der Waals surface area contributed by atoms with Crippen LogP contribution in [0.1, 0.15) is 17.5 Å². The van der Waals surface area contributed by atoms with Crippen LogP contribution in [0.5, 0.6) is 5.75 Å². The minimum atomic E-state index is 0.266. The highest BCUT2D eigenvalue weighted by atomic mass is 79.9. The molecule has 0 fully saturated rings. The average molecular weight is 239 g/mol. The molecule has 0 bridgehead atoms. The maximum Gasteiger partial charge on any atom is 0.131 e. The van der Waals surface area contributed by atoms with Crippen molar-refractivity contribution in [3.63, 3.8) is 0 Å². The van der Waals surface area contributed by atoms with Gasteiger partial charge in [0.25, 0.3) is 0 Å². The maximum absolute atomic E-state index is 9.48. The van der Waals surface area contributed by atoms with Crippen molar-refractivity contribution in [3.05, 3.63) is 29.3 Å². The second kappa shape index (κ2) is 4.94. The number of aryl methyl sites for hydroxylation is 1. The molecule has 0 atom stereocenters. The predicted molar refractivity (Wildman–Crippen MR) is 58.1 cm³/mol. The summed E-state index contributed by atoms with van der Waals surface area (Å²) in [7, 11) is 0. The van der Waals surface area contributed by atoms with Crippen molar-refractivity contribution in [2.75, 3.05) is 5.33 Å². The Bertz CT molecular complexity index is 347. The molecule has 0 amide bonds. The largest absolute Gasteiger partial charge is 0.507 e. The highest BCUT2D eigenvalue weighted by Crippen LogP contribution is 2.16. The third-order valence-corrected chi connectivity index (χ3v) is 1.99. The van der Waals surface area contributed by atoms with Gasteiger partial charge in [-0.05, 0) is 24.6 Å². The van der Waals surface area contributed by atoms with Gasteiger partial charge in [0, 0.05) is 11.8 Å². The number of benzene rings is 1. The van der Waals surface area contributed by atoms with Crippen LogP contribution in [0.15, 0.2) is 18.2 Å². The molecule has 0 unspecified atom stereocenters. The number of halogens is 1. The van der Waals surface area contributed by atoms with E-state index in [1.165, 1.54) is 0 Å². The lowest BCUT2D eigenvalue weighted by atomic mass is 10.1. The maximum atomic E-state index is 9.48. The van der Waals surface area contributed by atoms with E-state index in [-0.39, 0.29) is 5.75 Å². The van der Waals surface area contributed by atoms with Gasteiger partial charge < -0.3 is 5.11 Å². The van der Waals surface area contributed by atoms with Crippen LogP contribution in [0.3, 0.4) is 0 Å². The van der Waals surface area contributed by atoms with Gasteiger partial charge in [0.05, 0.1) is 5.56 Å². The van der Waals surface area contributed by atoms with E-state index in [1.54, 1.807) is 6.07 Å². The number of phenolic OH excluding ortho intramolecular Hbond substituents is 1. The van der Waals surface area contributed by atoms with Crippen LogP contribution in [-0.2, 0) is 0 Å². The standard InChI is InChI=1S/C11H11BrO/c1-9-5-6-10(11(13)8-9)4-2-3-7-12/h5-6,8,13H,3,7H2,1H3. The molecule has 1 aromatic rings. The molecule has 1 rings (SSSR count). The van der Waals surface area contributed by atoms with Crippen molar-refractivity contribution in [2.45, 2.75) is 13.3 Å². The number of alkyl halides is 1. The third kappa shape index (κ3) is 3.12. The molecule has 0 saturated carbocycles. The van der Waals surface area contributed by atoms with Crippen LogP contribution >= 0.6 is 15.9 Å². The monoisotopic (exact) mass is 238 g/mol. The van der Waals surface area contributed by atoms with Crippen LogP contribution in [0.2, 0.25) is 0 Å². The quantitative estimate of drug-likeness (QED) is 0.590. The molecular formula is C11H11BrO. The van der Waals surface area contributed by atoms with E-state index in [2.05, 4.69) is 27.8 Å². The Hall–Kier alpha value is -0.940. The van der Waals surface area contributed by atoms with Gasteiger partial charge in [-0.25, -0.2) is 0 Å². The van der Waals surface area contributed by atoms with E-state index in [1.807, 2.05) is 19.1 Å². The molecule has 0 spiro atoms. The molecule has 68 valence electrons. The van der Waals surface area contributed by atoms with Gasteiger partial charge in [0.15, 0.2) is 0 Å². The van der Waals surface area contributed by atoms with E-state index in [4.69, 9.17) is 0 Å². The Morgan fingerprint density at radius 3 is 2.85 bits per heavy atom. The SMILES string of the molecule is Cc1ccc(C#CCCBr)c(O)c1. The van der Waals surface area contributed by atoms with Crippen molar-refractivity contribution in [1.29, 1.82) is 0 Å². The summed E-state index contributed by atoms with van der Waals surface area (Å²) in [6.45, 7) is 1.94. The van der Waals surface area contributed by atoms with Gasteiger partial charge in [0.1, 0.15) is 5.75 Å². The van der Waals surface area contributed by atoms with Crippen LogP contribution in [-0.4, -0.2) is 10.4 Å². The fourth-order valence-corrected chi connectivity index (χ4v) is 1.15. The Kier molecular flexibility index (Phi) is 3.85. The molecule has 0 heterocycles. The van der Waals surface area contributed by atoms with Gasteiger partial charge in [-0.3, -0.25) is 0 Å². The summed E-state index contributed by atoms with van der Waals surface area (Å²) in [6.07, 6.45) is 0.799. The van der Waals surface area contributed by atoms with Gasteiger partial charge in [0.2, 0.25) is 0 Å². The minimum Gasteiger partial charge on any atom is -0.507 e. The molecular weight excluding hydrogens is 228 g/mol. The molecule has 0 aliphatic carbocycles. The zero-order valence-electron chi connectivity index (χ0n) is 7.47. The highest BCUT2D eigenvalue weighted by molar-refractivity contribution is 9.09. The normalized spacial score (nSPS) is 9.08. The van der Waals surface area contributed by atoms with E-state index >= 15 is 0 Å². The molecule has 1 N–H and O–H groups in total. The lowest BCUT2D eigenvalue weighted by molar-refractivity contribution is 0.473. The van der Waals surface area contributed by atoms with Crippen molar-refractivity contribution >= 4 is 15.9 Å². The lowest BCUT2D eigenvalue weighted by Gasteiger charge is -1.97. The smallest absolute Gasteiger partial charge is 0.131 e. The van der Waals surface area contributed by atoms with Crippen LogP contribution in [0.25, 0.3) is 0 Å². The minimum absolute atomic E-state index is 0.266. The van der Waals surface area contributed by atoms with E-state index in [0.29, 0.717) is 5.56 Å². The van der Waals surface area contributed by atoms with E-state index in [0.717, 1.165) is 17.3 Å². The fourth-order valence-electron chi connectivity index (χ4n) is 0.952. The Labute approximate surface area is 86.9 Å². The number of rotatable bonds is 1. The van der Waals surface area contributed by atoms with Crippen molar-refractivity contribution in [2.24, 2.45) is 0 Å². The summed E-state index contributed by atoms with van der Waals surface area (Å²) in [5.41, 5.74) is 1.75. The van der Waals surface area contributed by atoms with Crippen molar-refractivity contribution in [3.8, 4) is 17.6 Å². The summed E-state index contributed by atoms with van der Waals surface area (Å²) < 4.78 is 0. The molecule has 0 radical (unpaired) electrons. The number of hydrogen-bond donors (Lipinski definition) is 1. The number of hydrogen-bond acceptors (Lipinski definition) is 1. The van der Waals surface area contributed by atoms with Crippen molar-refractivity contribution in [1.82, 2.24) is 0 Å². The molecule has 1 nitrogen and oxygen atoms in total. The Morgan fingerprint density at radius 2 is 2.23 bits per heavy atom. The first-order valence-corrected chi connectivity index (χ1v) is 5.20. The van der Waals surface area contributed by atoms with Crippen LogP contribution < -0.4 is 0 Å². The summed E-state index contributed by atoms with van der Waals surface area (Å²) in [4.78, 5) is 0. The zero-order valence-corrected chi connectivity index (χ0v) is 9.06. The molecule has 0 aliphatic rings. The Balaban J connectivity index is 2.85. The summed E-state index contributed by atoms with van der Waals surface area (Å²) in [5, 5.41) is 10.3. The molecule has 2 heteroatoms. The van der Waals surface area contributed by atoms with Gasteiger partial charge >= 0.3 is 0 Å². The van der Waals surface area contributed by atoms with Gasteiger partial charge in [-0.15, -0.1) is 0 Å². The topological polar surface area (TPSA) is 20.2 Å². The van der Waals surface area contributed by atoms with Crippen molar-refractivity contribution < 1.29 is 5.11 Å². The lowest BCUT2D eigenvalue weighted by Crippen LogP contribution is -1.78. The second-order valence-corrected chi connectivity index (χ2v) is 3.55.